The van der Waals surface area contributed by atoms with Gasteiger partial charge in [0.15, 0.2) is 0 Å². The molecule has 0 bridgehead atoms. The second-order valence-corrected chi connectivity index (χ2v) is 1.49. The van der Waals surface area contributed by atoms with Gasteiger partial charge in [0.05, 0.1) is 0 Å². The van der Waals surface area contributed by atoms with E-state index < -0.39 is 0 Å². The van der Waals surface area contributed by atoms with Gasteiger partial charge in [0.2, 0.25) is 0 Å². The first-order valence-electron chi connectivity index (χ1n) is 2.41. The Bertz CT molecular complexity index is 200. The standard InChI is InChI=1S/C8H5.B.Y/c1-2-8-6-4-3-5-7-8;;/h3-7H;;/q-1;;. The van der Waals surface area contributed by atoms with Gasteiger partial charge in [0.25, 0.3) is 0 Å². The van der Waals surface area contributed by atoms with Gasteiger partial charge in [-0.3, -0.25) is 5.92 Å². The average Bonchev–Trinajstić information content (AvgIpc) is 1.90. The third-order valence-corrected chi connectivity index (χ3v) is 0.918. The Morgan fingerprint density at radius 2 is 1.60 bits per heavy atom. The molecule has 0 nitrogen and oxygen atoms in total. The molecule has 0 spiro atoms. The molecule has 0 unspecified atom stereocenters. The molecule has 1 rings (SSSR count). The predicted octanol–water partition coefficient (Wildman–Crippen LogP) is 1.24. The van der Waals surface area contributed by atoms with Gasteiger partial charge >= 0.3 is 0 Å². The molecule has 44 valence electrons. The summed E-state index contributed by atoms with van der Waals surface area (Å²) in [7, 11) is 0. The Morgan fingerprint density at radius 3 is 1.90 bits per heavy atom. The van der Waals surface area contributed by atoms with Crippen molar-refractivity contribution in [3.05, 3.63) is 42.3 Å². The number of hydrogen-bond acceptors (Lipinski definition) is 0. The largest absolute Gasteiger partial charge is 0.366 e. The summed E-state index contributed by atoms with van der Waals surface area (Å²) in [6.45, 7) is 0. The predicted molar refractivity (Wildman–Crippen MR) is 38.4 cm³/mol. The second-order valence-electron chi connectivity index (χ2n) is 1.49. The quantitative estimate of drug-likeness (QED) is 0.336. The van der Waals surface area contributed by atoms with Crippen molar-refractivity contribution in [3.63, 3.8) is 0 Å². The number of hydrogen-bond donors (Lipinski definition) is 0. The van der Waals surface area contributed by atoms with E-state index >= 15 is 0 Å². The summed E-state index contributed by atoms with van der Waals surface area (Å²) in [5, 5.41) is 0. The van der Waals surface area contributed by atoms with Crippen molar-refractivity contribution >= 4 is 8.41 Å². The number of rotatable bonds is 0. The van der Waals surface area contributed by atoms with Crippen molar-refractivity contribution in [2.75, 3.05) is 0 Å². The van der Waals surface area contributed by atoms with E-state index in [0.29, 0.717) is 0 Å². The molecule has 1 aromatic carbocycles. The molecule has 0 N–H and O–H groups in total. The topological polar surface area (TPSA) is 0 Å². The molecule has 0 saturated carbocycles. The van der Waals surface area contributed by atoms with E-state index in [2.05, 4.69) is 5.92 Å². The third-order valence-electron chi connectivity index (χ3n) is 0.918. The summed E-state index contributed by atoms with van der Waals surface area (Å²) in [6.07, 6.45) is 6.69. The van der Waals surface area contributed by atoms with Crippen molar-refractivity contribution in [2.45, 2.75) is 0 Å². The normalized spacial score (nSPS) is 6.30. The van der Waals surface area contributed by atoms with Gasteiger partial charge in [-0.05, 0) is 0 Å². The fourth-order valence-electron chi connectivity index (χ4n) is 0.521. The van der Waals surface area contributed by atoms with Crippen LogP contribution in [0.3, 0.4) is 0 Å². The summed E-state index contributed by atoms with van der Waals surface area (Å²) >= 11 is 0. The van der Waals surface area contributed by atoms with E-state index in [9.17, 15) is 0 Å². The molecule has 4 radical (unpaired) electrons. The van der Waals surface area contributed by atoms with E-state index in [1.165, 1.54) is 0 Å². The molecule has 0 heterocycles. The number of benzene rings is 1. The molecule has 0 atom stereocenters. The van der Waals surface area contributed by atoms with E-state index in [-0.39, 0.29) is 41.1 Å². The van der Waals surface area contributed by atoms with E-state index in [1.54, 1.807) is 0 Å². The Kier molecular flexibility index (Phi) is 8.90. The molecule has 1 aromatic rings. The molecular weight excluding hydrogens is 196 g/mol. The van der Waals surface area contributed by atoms with Crippen LogP contribution < -0.4 is 0 Å². The first kappa shape index (κ1) is 12.6. The first-order valence-corrected chi connectivity index (χ1v) is 2.41. The maximum Gasteiger partial charge on any atom is 0 e. The Morgan fingerprint density at radius 1 is 1.10 bits per heavy atom. The van der Waals surface area contributed by atoms with Crippen LogP contribution >= 0.6 is 0 Å². The Labute approximate surface area is 88.9 Å². The minimum absolute atomic E-state index is 0. The zero-order valence-electron chi connectivity index (χ0n) is 5.54. The molecule has 0 aliphatic rings. The SMILES string of the molecule is [B].[C-]#Cc1ccccc1.[Y]. The maximum absolute atomic E-state index is 6.69. The second kappa shape index (κ2) is 7.06. The maximum atomic E-state index is 6.69. The molecule has 0 aliphatic carbocycles. The van der Waals surface area contributed by atoms with Crippen molar-refractivity contribution in [1.29, 1.82) is 0 Å². The van der Waals surface area contributed by atoms with Crippen molar-refractivity contribution in [3.8, 4) is 5.92 Å². The van der Waals surface area contributed by atoms with Crippen molar-refractivity contribution < 1.29 is 32.7 Å². The average molecular weight is 201 g/mol. The zero-order chi connectivity index (χ0) is 5.82. The summed E-state index contributed by atoms with van der Waals surface area (Å²) < 4.78 is 0. The third kappa shape index (κ3) is 3.88. The van der Waals surface area contributed by atoms with Crippen LogP contribution in [0.25, 0.3) is 0 Å². The van der Waals surface area contributed by atoms with Crippen molar-refractivity contribution in [1.82, 2.24) is 0 Å². The van der Waals surface area contributed by atoms with Gasteiger partial charge in [0, 0.05) is 41.1 Å². The van der Waals surface area contributed by atoms with Crippen LogP contribution in [0, 0.1) is 12.3 Å². The molecule has 0 fully saturated rings. The van der Waals surface area contributed by atoms with Crippen LogP contribution in [0.2, 0.25) is 0 Å². The minimum Gasteiger partial charge on any atom is -0.366 e. The molecule has 0 aliphatic heterocycles. The summed E-state index contributed by atoms with van der Waals surface area (Å²) in [4.78, 5) is 0. The van der Waals surface area contributed by atoms with Crippen LogP contribution in [0.1, 0.15) is 5.56 Å². The zero-order valence-corrected chi connectivity index (χ0v) is 8.38. The monoisotopic (exact) mass is 201 g/mol. The van der Waals surface area contributed by atoms with Crippen LogP contribution in [0.5, 0.6) is 0 Å². The molecule has 0 saturated heterocycles. The van der Waals surface area contributed by atoms with Crippen LogP contribution in [-0.4, -0.2) is 8.41 Å². The van der Waals surface area contributed by atoms with Crippen LogP contribution in [-0.2, 0) is 32.7 Å². The molecule has 2 heteroatoms. The van der Waals surface area contributed by atoms with E-state index in [0.717, 1.165) is 5.56 Å². The Hall–Kier alpha value is -0.0512. The first-order chi connectivity index (χ1) is 3.93. The fraction of sp³-hybridized carbons (Fsp3) is 0. The van der Waals surface area contributed by atoms with Crippen molar-refractivity contribution in [2.24, 2.45) is 0 Å². The fourth-order valence-corrected chi connectivity index (χ4v) is 0.521. The van der Waals surface area contributed by atoms with E-state index in [4.69, 9.17) is 6.42 Å². The van der Waals surface area contributed by atoms with Crippen LogP contribution in [0.4, 0.5) is 0 Å². The summed E-state index contributed by atoms with van der Waals surface area (Å²) in [6, 6.07) is 9.37. The molecule has 0 amide bonds. The van der Waals surface area contributed by atoms with Gasteiger partial charge in [-0.25, -0.2) is 0 Å². The Balaban J connectivity index is 0. The van der Waals surface area contributed by atoms with Gasteiger partial charge in [-0.1, -0.05) is 18.2 Å². The van der Waals surface area contributed by atoms with Gasteiger partial charge in [-0.2, -0.15) is 0 Å². The van der Waals surface area contributed by atoms with Gasteiger partial charge < -0.3 is 6.42 Å². The van der Waals surface area contributed by atoms with E-state index in [1.807, 2.05) is 30.3 Å². The smallest absolute Gasteiger partial charge is 0 e. The molecule has 0 aromatic heterocycles. The summed E-state index contributed by atoms with van der Waals surface area (Å²) in [5.74, 6) is 2.28. The van der Waals surface area contributed by atoms with Gasteiger partial charge in [0.1, 0.15) is 0 Å². The molecular formula is C8H5BY-. The summed E-state index contributed by atoms with van der Waals surface area (Å²) in [5.41, 5.74) is 0.826. The molecule has 10 heavy (non-hydrogen) atoms. The van der Waals surface area contributed by atoms with Crippen LogP contribution in [0.15, 0.2) is 30.3 Å². The minimum atomic E-state index is 0. The van der Waals surface area contributed by atoms with Gasteiger partial charge in [-0.15, -0.1) is 17.7 Å².